The molecule has 3 nitrogen and oxygen atoms in total. The highest BCUT2D eigenvalue weighted by Gasteiger charge is 2.14. The average molecular weight is 266 g/mol. The predicted molar refractivity (Wildman–Crippen MR) is 81.3 cm³/mol. The second-order valence-electron chi connectivity index (χ2n) is 4.84. The lowest BCUT2D eigenvalue weighted by Gasteiger charge is -2.14. The van der Waals surface area contributed by atoms with Crippen molar-refractivity contribution in [3.05, 3.63) is 72.0 Å². The Kier molecular flexibility index (Phi) is 3.81. The molecule has 3 rings (SSSR count). The van der Waals surface area contributed by atoms with Gasteiger partial charge >= 0.3 is 0 Å². The summed E-state index contributed by atoms with van der Waals surface area (Å²) in [6.07, 6.45) is 0. The maximum Gasteiger partial charge on any atom is 0.134 e. The van der Waals surface area contributed by atoms with E-state index in [0.29, 0.717) is 6.54 Å². The Balaban J connectivity index is 1.75. The quantitative estimate of drug-likeness (QED) is 0.745. The second-order valence-corrected chi connectivity index (χ2v) is 4.84. The third kappa shape index (κ3) is 2.74. The van der Waals surface area contributed by atoms with Gasteiger partial charge in [0.25, 0.3) is 0 Å². The van der Waals surface area contributed by atoms with Crippen LogP contribution in [0.5, 0.6) is 0 Å². The molecule has 0 fully saturated rings. The second kappa shape index (κ2) is 5.90. The van der Waals surface area contributed by atoms with E-state index in [1.807, 2.05) is 42.5 Å². The summed E-state index contributed by atoms with van der Waals surface area (Å²) in [5, 5.41) is 4.56. The first-order chi connectivity index (χ1) is 9.86. The van der Waals surface area contributed by atoms with E-state index in [1.54, 1.807) is 0 Å². The van der Waals surface area contributed by atoms with Crippen molar-refractivity contribution in [1.82, 2.24) is 5.32 Å². The Bertz CT molecular complexity index is 643. The Morgan fingerprint density at radius 1 is 1.00 bits per heavy atom. The molecule has 1 unspecified atom stereocenters. The summed E-state index contributed by atoms with van der Waals surface area (Å²) in [7, 11) is 0. The van der Waals surface area contributed by atoms with Crippen LogP contribution in [0, 0.1) is 0 Å². The molecule has 1 heterocycles. The first kappa shape index (κ1) is 12.9. The van der Waals surface area contributed by atoms with Crippen molar-refractivity contribution in [2.24, 2.45) is 5.73 Å². The lowest BCUT2D eigenvalue weighted by Crippen LogP contribution is -2.27. The molecule has 3 heteroatoms. The van der Waals surface area contributed by atoms with Gasteiger partial charge in [0.05, 0.1) is 6.04 Å². The molecule has 1 atom stereocenters. The minimum Gasteiger partial charge on any atom is -0.459 e. The van der Waals surface area contributed by atoms with E-state index in [2.05, 4.69) is 23.5 Å². The third-order valence-corrected chi connectivity index (χ3v) is 3.42. The SMILES string of the molecule is NCC(NCc1ccccc1)c1cc2ccccc2o1. The van der Waals surface area contributed by atoms with Crippen molar-refractivity contribution in [1.29, 1.82) is 0 Å². The van der Waals surface area contributed by atoms with E-state index in [4.69, 9.17) is 10.2 Å². The number of nitrogens with one attached hydrogen (secondary N) is 1. The Labute approximate surface area is 118 Å². The van der Waals surface area contributed by atoms with Crippen LogP contribution < -0.4 is 11.1 Å². The molecule has 0 spiro atoms. The molecule has 3 aromatic rings. The number of para-hydroxylation sites is 1. The summed E-state index contributed by atoms with van der Waals surface area (Å²) in [4.78, 5) is 0. The number of hydrogen-bond acceptors (Lipinski definition) is 3. The number of furan rings is 1. The molecule has 0 aliphatic carbocycles. The van der Waals surface area contributed by atoms with Gasteiger partial charge in [-0.05, 0) is 17.7 Å². The van der Waals surface area contributed by atoms with Crippen molar-refractivity contribution in [2.75, 3.05) is 6.54 Å². The molecule has 0 bridgehead atoms. The molecule has 102 valence electrons. The fourth-order valence-electron chi connectivity index (χ4n) is 2.31. The molecule has 0 saturated heterocycles. The molecule has 0 aliphatic heterocycles. The Morgan fingerprint density at radius 3 is 2.50 bits per heavy atom. The monoisotopic (exact) mass is 266 g/mol. The largest absolute Gasteiger partial charge is 0.459 e. The molecule has 0 saturated carbocycles. The number of rotatable bonds is 5. The van der Waals surface area contributed by atoms with Gasteiger partial charge in [-0.25, -0.2) is 0 Å². The van der Waals surface area contributed by atoms with E-state index < -0.39 is 0 Å². The highest BCUT2D eigenvalue weighted by molar-refractivity contribution is 5.77. The zero-order valence-corrected chi connectivity index (χ0v) is 11.3. The highest BCUT2D eigenvalue weighted by Crippen LogP contribution is 2.23. The summed E-state index contributed by atoms with van der Waals surface area (Å²) in [6, 6.07) is 20.4. The van der Waals surface area contributed by atoms with Gasteiger partial charge in [0.1, 0.15) is 11.3 Å². The van der Waals surface area contributed by atoms with Gasteiger partial charge in [-0.3, -0.25) is 0 Å². The summed E-state index contributed by atoms with van der Waals surface area (Å²) in [6.45, 7) is 1.28. The normalized spacial score (nSPS) is 12.7. The number of benzene rings is 2. The minimum absolute atomic E-state index is 0.0302. The van der Waals surface area contributed by atoms with Crippen molar-refractivity contribution in [3.8, 4) is 0 Å². The Morgan fingerprint density at radius 2 is 1.75 bits per heavy atom. The molecule has 0 radical (unpaired) electrons. The van der Waals surface area contributed by atoms with Gasteiger partial charge < -0.3 is 15.5 Å². The zero-order chi connectivity index (χ0) is 13.8. The molecule has 20 heavy (non-hydrogen) atoms. The van der Waals surface area contributed by atoms with Crippen LogP contribution in [0.15, 0.2) is 65.1 Å². The topological polar surface area (TPSA) is 51.2 Å². The zero-order valence-electron chi connectivity index (χ0n) is 11.3. The Hall–Kier alpha value is -2.10. The lowest BCUT2D eigenvalue weighted by atomic mass is 10.1. The maximum atomic E-state index is 5.87. The number of fused-ring (bicyclic) bond motifs is 1. The molecule has 0 aliphatic rings. The van der Waals surface area contributed by atoms with Gasteiger partial charge in [0.15, 0.2) is 0 Å². The van der Waals surface area contributed by atoms with E-state index in [0.717, 1.165) is 23.3 Å². The molecular formula is C17H18N2O. The van der Waals surface area contributed by atoms with Crippen LogP contribution in [-0.2, 0) is 6.54 Å². The molecule has 3 N–H and O–H groups in total. The summed E-state index contributed by atoms with van der Waals surface area (Å²) >= 11 is 0. The van der Waals surface area contributed by atoms with E-state index in [-0.39, 0.29) is 6.04 Å². The van der Waals surface area contributed by atoms with Crippen LogP contribution in [0.2, 0.25) is 0 Å². The molecular weight excluding hydrogens is 248 g/mol. The highest BCUT2D eigenvalue weighted by atomic mass is 16.3. The fraction of sp³-hybridized carbons (Fsp3) is 0.176. The van der Waals surface area contributed by atoms with Gasteiger partial charge in [0, 0.05) is 18.5 Å². The van der Waals surface area contributed by atoms with Gasteiger partial charge in [-0.2, -0.15) is 0 Å². The van der Waals surface area contributed by atoms with Crippen molar-refractivity contribution in [2.45, 2.75) is 12.6 Å². The van der Waals surface area contributed by atoms with E-state index in [1.165, 1.54) is 5.56 Å². The number of hydrogen-bond donors (Lipinski definition) is 2. The fourth-order valence-corrected chi connectivity index (χ4v) is 2.31. The maximum absolute atomic E-state index is 5.87. The first-order valence-corrected chi connectivity index (χ1v) is 6.82. The van der Waals surface area contributed by atoms with Crippen molar-refractivity contribution in [3.63, 3.8) is 0 Å². The average Bonchev–Trinajstić information content (AvgIpc) is 2.92. The van der Waals surface area contributed by atoms with Crippen molar-refractivity contribution >= 4 is 11.0 Å². The minimum atomic E-state index is 0.0302. The van der Waals surface area contributed by atoms with E-state index in [9.17, 15) is 0 Å². The smallest absolute Gasteiger partial charge is 0.134 e. The third-order valence-electron chi connectivity index (χ3n) is 3.42. The van der Waals surface area contributed by atoms with Crippen LogP contribution in [0.25, 0.3) is 11.0 Å². The number of nitrogens with two attached hydrogens (primary N) is 1. The van der Waals surface area contributed by atoms with Crippen LogP contribution in [-0.4, -0.2) is 6.54 Å². The summed E-state index contributed by atoms with van der Waals surface area (Å²) in [5.74, 6) is 0.893. The van der Waals surface area contributed by atoms with Crippen molar-refractivity contribution < 1.29 is 4.42 Å². The van der Waals surface area contributed by atoms with Crippen LogP contribution in [0.4, 0.5) is 0 Å². The summed E-state index contributed by atoms with van der Waals surface area (Å²) in [5.41, 5.74) is 8.01. The van der Waals surface area contributed by atoms with Crippen LogP contribution >= 0.6 is 0 Å². The van der Waals surface area contributed by atoms with Crippen LogP contribution in [0.3, 0.4) is 0 Å². The van der Waals surface area contributed by atoms with Crippen LogP contribution in [0.1, 0.15) is 17.4 Å². The van der Waals surface area contributed by atoms with E-state index >= 15 is 0 Å². The molecule has 0 amide bonds. The molecule has 2 aromatic carbocycles. The van der Waals surface area contributed by atoms with Gasteiger partial charge in [-0.15, -0.1) is 0 Å². The molecule has 1 aromatic heterocycles. The summed E-state index contributed by atoms with van der Waals surface area (Å²) < 4.78 is 5.87. The van der Waals surface area contributed by atoms with Gasteiger partial charge in [0.2, 0.25) is 0 Å². The van der Waals surface area contributed by atoms with Gasteiger partial charge in [-0.1, -0.05) is 48.5 Å². The first-order valence-electron chi connectivity index (χ1n) is 6.82. The predicted octanol–water partition coefficient (Wildman–Crippen LogP) is 3.22. The standard InChI is InChI=1S/C17H18N2O/c18-11-15(19-12-13-6-2-1-3-7-13)17-10-14-8-4-5-9-16(14)20-17/h1-10,15,19H,11-12,18H2. The lowest BCUT2D eigenvalue weighted by molar-refractivity contribution is 0.434.